The van der Waals surface area contributed by atoms with E-state index in [1.807, 2.05) is 0 Å². The number of rotatable bonds is 15. The van der Waals surface area contributed by atoms with Gasteiger partial charge in [-0.2, -0.15) is 0 Å². The molecule has 0 aromatic heterocycles. The molecule has 5 atom stereocenters. The number of aliphatic hydroxyl groups excluding tert-OH is 4. The molecule has 0 bridgehead atoms. The van der Waals surface area contributed by atoms with Crippen molar-refractivity contribution in [3.05, 3.63) is 0 Å². The summed E-state index contributed by atoms with van der Waals surface area (Å²) < 4.78 is 5.42. The summed E-state index contributed by atoms with van der Waals surface area (Å²) in [5, 5.41) is 41.6. The summed E-state index contributed by atoms with van der Waals surface area (Å²) in [7, 11) is 0. The van der Waals surface area contributed by atoms with E-state index in [9.17, 15) is 15.3 Å². The van der Waals surface area contributed by atoms with Crippen molar-refractivity contribution >= 4 is 0 Å². The van der Waals surface area contributed by atoms with E-state index in [1.165, 1.54) is 64.2 Å². The molecule has 0 aromatic carbocycles. The molecule has 6 heteroatoms. The number of ether oxygens (including phenoxy) is 1. The van der Waals surface area contributed by atoms with Gasteiger partial charge in [0.1, 0.15) is 30.6 Å². The van der Waals surface area contributed by atoms with Crippen molar-refractivity contribution in [2.45, 2.75) is 115 Å². The minimum Gasteiger partial charge on any atom is -0.394 e. The van der Waals surface area contributed by atoms with E-state index in [2.05, 4.69) is 12.2 Å². The molecule has 1 saturated heterocycles. The van der Waals surface area contributed by atoms with Crippen molar-refractivity contribution in [1.82, 2.24) is 5.32 Å². The summed E-state index contributed by atoms with van der Waals surface area (Å²) in [6, 6.07) is 0. The van der Waals surface area contributed by atoms with Crippen LogP contribution in [0.4, 0.5) is 0 Å². The van der Waals surface area contributed by atoms with Gasteiger partial charge in [0.25, 0.3) is 0 Å². The Morgan fingerprint density at radius 2 is 1.19 bits per heavy atom. The van der Waals surface area contributed by atoms with Gasteiger partial charge >= 0.3 is 0 Å². The van der Waals surface area contributed by atoms with Gasteiger partial charge in [0, 0.05) is 0 Å². The van der Waals surface area contributed by atoms with Crippen LogP contribution in [0.3, 0.4) is 0 Å². The molecular formula is C20H41NO5. The molecule has 5 N–H and O–H groups in total. The molecule has 0 radical (unpaired) electrons. The quantitative estimate of drug-likeness (QED) is 0.281. The van der Waals surface area contributed by atoms with Crippen LogP contribution in [0, 0.1) is 0 Å². The molecule has 6 nitrogen and oxygen atoms in total. The zero-order chi connectivity index (χ0) is 19.2. The molecule has 1 aliphatic rings. The SMILES string of the molecule is CCCCCCCCCCCCCCN[C@@H]1O[C@H](CO)[C@@H](O)[C@H](O)[C@H]1O. The molecule has 1 rings (SSSR count). The first-order valence-electron chi connectivity index (χ1n) is 10.7. The monoisotopic (exact) mass is 375 g/mol. The van der Waals surface area contributed by atoms with Crippen LogP contribution in [-0.2, 0) is 4.74 Å². The molecule has 1 fully saturated rings. The Hall–Kier alpha value is -0.240. The van der Waals surface area contributed by atoms with E-state index in [0.29, 0.717) is 6.54 Å². The largest absolute Gasteiger partial charge is 0.394 e. The Balaban J connectivity index is 1.95. The van der Waals surface area contributed by atoms with E-state index in [1.54, 1.807) is 0 Å². The lowest BCUT2D eigenvalue weighted by atomic mass is 9.98. The minimum atomic E-state index is -1.31. The van der Waals surface area contributed by atoms with Crippen molar-refractivity contribution in [1.29, 1.82) is 0 Å². The van der Waals surface area contributed by atoms with Crippen molar-refractivity contribution < 1.29 is 25.2 Å². The summed E-state index contributed by atoms with van der Waals surface area (Å²) in [6.07, 6.45) is 10.1. The van der Waals surface area contributed by atoms with Gasteiger partial charge in [0.15, 0.2) is 0 Å². The highest BCUT2D eigenvalue weighted by Crippen LogP contribution is 2.19. The van der Waals surface area contributed by atoms with Gasteiger partial charge in [-0.3, -0.25) is 5.32 Å². The van der Waals surface area contributed by atoms with E-state index in [4.69, 9.17) is 9.84 Å². The Morgan fingerprint density at radius 3 is 1.69 bits per heavy atom. The average molecular weight is 376 g/mol. The lowest BCUT2D eigenvalue weighted by molar-refractivity contribution is -0.236. The topological polar surface area (TPSA) is 102 Å². The number of unbranched alkanes of at least 4 members (excludes halogenated alkanes) is 11. The summed E-state index contributed by atoms with van der Waals surface area (Å²) >= 11 is 0. The fourth-order valence-corrected chi connectivity index (χ4v) is 3.48. The highest BCUT2D eigenvalue weighted by molar-refractivity contribution is 4.90. The van der Waals surface area contributed by atoms with Crippen LogP contribution in [0.2, 0.25) is 0 Å². The third kappa shape index (κ3) is 9.11. The lowest BCUT2D eigenvalue weighted by Gasteiger charge is -2.40. The smallest absolute Gasteiger partial charge is 0.137 e. The fraction of sp³-hybridized carbons (Fsp3) is 1.00. The summed E-state index contributed by atoms with van der Waals surface area (Å²) in [5.74, 6) is 0. The lowest BCUT2D eigenvalue weighted by Crippen LogP contribution is -2.62. The predicted octanol–water partition coefficient (Wildman–Crippen LogP) is 2.08. The van der Waals surface area contributed by atoms with Crippen LogP contribution >= 0.6 is 0 Å². The zero-order valence-corrected chi connectivity index (χ0v) is 16.5. The Labute approximate surface area is 159 Å². The molecule has 0 spiro atoms. The second kappa shape index (κ2) is 14.8. The normalized spacial score (nSPS) is 29.2. The first kappa shape index (κ1) is 23.8. The van der Waals surface area contributed by atoms with Crippen LogP contribution < -0.4 is 5.32 Å². The van der Waals surface area contributed by atoms with Gasteiger partial charge in [-0.1, -0.05) is 77.6 Å². The third-order valence-electron chi connectivity index (χ3n) is 5.27. The fourth-order valence-electron chi connectivity index (χ4n) is 3.48. The van der Waals surface area contributed by atoms with E-state index < -0.39 is 30.6 Å². The minimum absolute atomic E-state index is 0.387. The van der Waals surface area contributed by atoms with Gasteiger partial charge in [-0.15, -0.1) is 0 Å². The van der Waals surface area contributed by atoms with Crippen LogP contribution in [0.1, 0.15) is 84.0 Å². The van der Waals surface area contributed by atoms with E-state index in [0.717, 1.165) is 12.8 Å². The molecule has 0 saturated carbocycles. The maximum atomic E-state index is 9.93. The Bertz CT molecular complexity index is 329. The van der Waals surface area contributed by atoms with Crippen molar-refractivity contribution in [3.63, 3.8) is 0 Å². The molecule has 156 valence electrons. The molecular weight excluding hydrogens is 334 g/mol. The van der Waals surface area contributed by atoms with Gasteiger partial charge < -0.3 is 25.2 Å². The highest BCUT2D eigenvalue weighted by atomic mass is 16.6. The third-order valence-corrected chi connectivity index (χ3v) is 5.27. The van der Waals surface area contributed by atoms with Crippen LogP contribution in [-0.4, -0.2) is 64.2 Å². The summed E-state index contributed by atoms with van der Waals surface area (Å²) in [5.41, 5.74) is 0. The summed E-state index contributed by atoms with van der Waals surface area (Å²) in [4.78, 5) is 0. The number of hydrogen-bond acceptors (Lipinski definition) is 6. The van der Waals surface area contributed by atoms with Crippen LogP contribution in [0.15, 0.2) is 0 Å². The van der Waals surface area contributed by atoms with Crippen molar-refractivity contribution in [2.24, 2.45) is 0 Å². The Morgan fingerprint density at radius 1 is 0.692 bits per heavy atom. The highest BCUT2D eigenvalue weighted by Gasteiger charge is 2.42. The molecule has 0 amide bonds. The van der Waals surface area contributed by atoms with Crippen LogP contribution in [0.25, 0.3) is 0 Å². The van der Waals surface area contributed by atoms with Gasteiger partial charge in [0.2, 0.25) is 0 Å². The van der Waals surface area contributed by atoms with Gasteiger partial charge in [-0.25, -0.2) is 0 Å². The molecule has 1 heterocycles. The first-order chi connectivity index (χ1) is 12.6. The molecule has 0 aromatic rings. The number of hydrogen-bond donors (Lipinski definition) is 5. The number of aliphatic hydroxyl groups is 4. The molecule has 0 unspecified atom stereocenters. The van der Waals surface area contributed by atoms with Gasteiger partial charge in [0.05, 0.1) is 6.61 Å². The van der Waals surface area contributed by atoms with Crippen LogP contribution in [0.5, 0.6) is 0 Å². The zero-order valence-electron chi connectivity index (χ0n) is 16.5. The average Bonchev–Trinajstić information content (AvgIpc) is 2.65. The second-order valence-corrected chi connectivity index (χ2v) is 7.59. The predicted molar refractivity (Wildman–Crippen MR) is 103 cm³/mol. The molecule has 26 heavy (non-hydrogen) atoms. The van der Waals surface area contributed by atoms with Crippen molar-refractivity contribution in [2.75, 3.05) is 13.2 Å². The molecule has 0 aliphatic carbocycles. The Kier molecular flexibility index (Phi) is 13.5. The first-order valence-corrected chi connectivity index (χ1v) is 10.7. The van der Waals surface area contributed by atoms with Gasteiger partial charge in [-0.05, 0) is 13.0 Å². The maximum absolute atomic E-state index is 9.93. The standard InChI is InChI=1S/C20H41NO5/c1-2-3-4-5-6-7-8-9-10-11-12-13-14-21-20-19(25)18(24)17(23)16(15-22)26-20/h16-25H,2-15H2,1H3/t16-,17-,18+,19-,20-/m1/s1. The summed E-state index contributed by atoms with van der Waals surface area (Å²) in [6.45, 7) is 2.54. The van der Waals surface area contributed by atoms with E-state index >= 15 is 0 Å². The number of nitrogens with one attached hydrogen (secondary N) is 1. The molecule has 1 aliphatic heterocycles. The van der Waals surface area contributed by atoms with E-state index in [-0.39, 0.29) is 6.61 Å². The second-order valence-electron chi connectivity index (χ2n) is 7.59. The van der Waals surface area contributed by atoms with Crippen molar-refractivity contribution in [3.8, 4) is 0 Å². The maximum Gasteiger partial charge on any atom is 0.137 e.